The van der Waals surface area contributed by atoms with Crippen molar-refractivity contribution in [2.45, 2.75) is 20.8 Å². The van der Waals surface area contributed by atoms with Gasteiger partial charge in [-0.15, -0.1) is 24.0 Å². The van der Waals surface area contributed by atoms with Crippen LogP contribution in [0.4, 0.5) is 5.69 Å². The SMILES string of the molecule is CCNC(=NCCNC(=O)C(C)C)N1CCN(c2cnn(C)c2)C(=O)C1.I. The maximum Gasteiger partial charge on any atom is 0.246 e. The second-order valence-electron chi connectivity index (χ2n) is 6.52. The van der Waals surface area contributed by atoms with Crippen molar-refractivity contribution in [3.63, 3.8) is 0 Å². The van der Waals surface area contributed by atoms with Crippen LogP contribution in [0, 0.1) is 5.92 Å². The summed E-state index contributed by atoms with van der Waals surface area (Å²) in [6.07, 6.45) is 3.54. The van der Waals surface area contributed by atoms with Crippen molar-refractivity contribution in [2.75, 3.05) is 44.2 Å². The Kier molecular flexibility index (Phi) is 9.53. The van der Waals surface area contributed by atoms with E-state index in [-0.39, 0.29) is 48.3 Å². The minimum Gasteiger partial charge on any atom is -0.357 e. The van der Waals surface area contributed by atoms with Gasteiger partial charge < -0.3 is 20.4 Å². The standard InChI is InChI=1S/C17H29N7O2.HI/c1-5-18-17(20-7-6-19-16(26)13(2)3)23-8-9-24(15(25)12-23)14-10-21-22(4)11-14;/h10-11,13H,5-9,12H2,1-4H3,(H,18,20)(H,19,26);1H. The third-order valence-corrected chi connectivity index (χ3v) is 4.06. The van der Waals surface area contributed by atoms with Gasteiger partial charge in [0.2, 0.25) is 11.8 Å². The summed E-state index contributed by atoms with van der Waals surface area (Å²) in [5.41, 5.74) is 0.815. The van der Waals surface area contributed by atoms with Crippen LogP contribution in [0.5, 0.6) is 0 Å². The number of piperazine rings is 1. The number of carbonyl (C=O) groups is 2. The maximum atomic E-state index is 12.5. The summed E-state index contributed by atoms with van der Waals surface area (Å²) >= 11 is 0. The average molecular weight is 491 g/mol. The van der Waals surface area contributed by atoms with E-state index >= 15 is 0 Å². The van der Waals surface area contributed by atoms with Gasteiger partial charge in [-0.05, 0) is 6.92 Å². The van der Waals surface area contributed by atoms with Crippen molar-refractivity contribution in [1.82, 2.24) is 25.3 Å². The molecule has 0 atom stereocenters. The predicted molar refractivity (Wildman–Crippen MR) is 116 cm³/mol. The second-order valence-corrected chi connectivity index (χ2v) is 6.52. The molecule has 0 spiro atoms. The number of guanidine groups is 1. The fourth-order valence-electron chi connectivity index (χ4n) is 2.65. The summed E-state index contributed by atoms with van der Waals surface area (Å²) in [4.78, 5) is 32.3. The Morgan fingerprint density at radius 2 is 2.07 bits per heavy atom. The Labute approximate surface area is 177 Å². The number of aromatic nitrogens is 2. The van der Waals surface area contributed by atoms with E-state index in [2.05, 4.69) is 20.7 Å². The largest absolute Gasteiger partial charge is 0.357 e. The molecule has 1 aliphatic rings. The number of hydrogen-bond donors (Lipinski definition) is 2. The van der Waals surface area contributed by atoms with E-state index in [1.54, 1.807) is 15.8 Å². The van der Waals surface area contributed by atoms with E-state index < -0.39 is 0 Å². The highest BCUT2D eigenvalue weighted by Crippen LogP contribution is 2.16. The van der Waals surface area contributed by atoms with Crippen molar-refractivity contribution in [3.8, 4) is 0 Å². The van der Waals surface area contributed by atoms with Crippen LogP contribution in [0.1, 0.15) is 20.8 Å². The average Bonchev–Trinajstić information content (AvgIpc) is 3.03. The molecule has 1 fully saturated rings. The van der Waals surface area contributed by atoms with Crippen LogP contribution in [0.15, 0.2) is 17.4 Å². The zero-order valence-electron chi connectivity index (χ0n) is 16.4. The lowest BCUT2D eigenvalue weighted by molar-refractivity contribution is -0.124. The fourth-order valence-corrected chi connectivity index (χ4v) is 2.65. The van der Waals surface area contributed by atoms with Gasteiger partial charge in [-0.25, -0.2) is 0 Å². The maximum absolute atomic E-state index is 12.5. The normalized spacial score (nSPS) is 15.0. The van der Waals surface area contributed by atoms with Crippen LogP contribution in [0.3, 0.4) is 0 Å². The van der Waals surface area contributed by atoms with Gasteiger partial charge in [-0.3, -0.25) is 19.3 Å². The quantitative estimate of drug-likeness (QED) is 0.261. The molecule has 1 aliphatic heterocycles. The molecule has 10 heteroatoms. The van der Waals surface area contributed by atoms with Crippen molar-refractivity contribution in [3.05, 3.63) is 12.4 Å². The van der Waals surface area contributed by atoms with Crippen LogP contribution in [0.2, 0.25) is 0 Å². The fraction of sp³-hybridized carbons (Fsp3) is 0.647. The Hall–Kier alpha value is -1.85. The van der Waals surface area contributed by atoms with Gasteiger partial charge in [0, 0.05) is 45.3 Å². The van der Waals surface area contributed by atoms with E-state index in [9.17, 15) is 9.59 Å². The lowest BCUT2D eigenvalue weighted by atomic mass is 10.2. The molecule has 0 saturated carbocycles. The number of nitrogens with one attached hydrogen (secondary N) is 2. The Bertz CT molecular complexity index is 659. The number of amides is 2. The van der Waals surface area contributed by atoms with Crippen LogP contribution in [-0.4, -0.2) is 71.7 Å². The lowest BCUT2D eigenvalue weighted by Crippen LogP contribution is -2.55. The molecule has 0 aromatic carbocycles. The monoisotopic (exact) mass is 491 g/mol. The molecule has 2 N–H and O–H groups in total. The molecule has 2 heterocycles. The summed E-state index contributed by atoms with van der Waals surface area (Å²) < 4.78 is 1.69. The van der Waals surface area contributed by atoms with Crippen molar-refractivity contribution in [2.24, 2.45) is 18.0 Å². The van der Waals surface area contributed by atoms with Gasteiger partial charge in [-0.1, -0.05) is 13.8 Å². The highest BCUT2D eigenvalue weighted by atomic mass is 127. The zero-order chi connectivity index (χ0) is 19.1. The molecule has 2 rings (SSSR count). The molecule has 0 aliphatic carbocycles. The van der Waals surface area contributed by atoms with Gasteiger partial charge in [0.25, 0.3) is 0 Å². The molecule has 2 amide bonds. The van der Waals surface area contributed by atoms with E-state index in [1.807, 2.05) is 38.9 Å². The van der Waals surface area contributed by atoms with E-state index in [0.29, 0.717) is 38.7 Å². The number of aryl methyl sites for hydroxylation is 1. The molecular formula is C17H30IN7O2. The smallest absolute Gasteiger partial charge is 0.246 e. The molecule has 0 bridgehead atoms. The number of rotatable bonds is 6. The van der Waals surface area contributed by atoms with Crippen molar-refractivity contribution < 1.29 is 9.59 Å². The van der Waals surface area contributed by atoms with Crippen LogP contribution in [0.25, 0.3) is 0 Å². The first-order valence-electron chi connectivity index (χ1n) is 9.02. The number of hydrogen-bond acceptors (Lipinski definition) is 4. The summed E-state index contributed by atoms with van der Waals surface area (Å²) in [6.45, 7) is 8.90. The lowest BCUT2D eigenvalue weighted by Gasteiger charge is -2.35. The summed E-state index contributed by atoms with van der Waals surface area (Å²) in [7, 11) is 1.83. The van der Waals surface area contributed by atoms with Gasteiger partial charge in [-0.2, -0.15) is 5.10 Å². The molecular weight excluding hydrogens is 461 g/mol. The molecule has 27 heavy (non-hydrogen) atoms. The number of halogens is 1. The first kappa shape index (κ1) is 23.2. The van der Waals surface area contributed by atoms with Gasteiger partial charge in [0.1, 0.15) is 6.54 Å². The molecule has 0 unspecified atom stereocenters. The molecule has 1 aromatic heterocycles. The number of aliphatic imine (C=N–C) groups is 1. The third-order valence-electron chi connectivity index (χ3n) is 4.06. The van der Waals surface area contributed by atoms with Crippen molar-refractivity contribution >= 4 is 47.4 Å². The summed E-state index contributed by atoms with van der Waals surface area (Å²) in [5.74, 6) is 0.698. The highest BCUT2D eigenvalue weighted by molar-refractivity contribution is 14.0. The third kappa shape index (κ3) is 6.67. The van der Waals surface area contributed by atoms with Gasteiger partial charge >= 0.3 is 0 Å². The number of carbonyl (C=O) groups excluding carboxylic acids is 2. The van der Waals surface area contributed by atoms with E-state index in [1.165, 1.54) is 0 Å². The Morgan fingerprint density at radius 1 is 1.33 bits per heavy atom. The minimum atomic E-state index is -0.0367. The topological polar surface area (TPSA) is 94.9 Å². The molecule has 9 nitrogen and oxygen atoms in total. The Morgan fingerprint density at radius 3 is 2.63 bits per heavy atom. The first-order valence-corrected chi connectivity index (χ1v) is 9.02. The molecule has 1 aromatic rings. The van der Waals surface area contributed by atoms with E-state index in [4.69, 9.17) is 0 Å². The highest BCUT2D eigenvalue weighted by Gasteiger charge is 2.27. The van der Waals surface area contributed by atoms with E-state index in [0.717, 1.165) is 5.69 Å². The summed E-state index contributed by atoms with van der Waals surface area (Å²) in [6, 6.07) is 0. The summed E-state index contributed by atoms with van der Waals surface area (Å²) in [5, 5.41) is 10.2. The Balaban J connectivity index is 0.00000364. The molecule has 152 valence electrons. The predicted octanol–water partition coefficient (Wildman–Crippen LogP) is 0.424. The first-order chi connectivity index (χ1) is 12.4. The van der Waals surface area contributed by atoms with Crippen LogP contribution >= 0.6 is 24.0 Å². The molecule has 0 radical (unpaired) electrons. The van der Waals surface area contributed by atoms with Crippen LogP contribution < -0.4 is 15.5 Å². The van der Waals surface area contributed by atoms with Crippen molar-refractivity contribution in [1.29, 1.82) is 0 Å². The molecule has 1 saturated heterocycles. The zero-order valence-corrected chi connectivity index (χ0v) is 18.8. The number of anilines is 1. The number of nitrogens with zero attached hydrogens (tertiary/aromatic N) is 5. The van der Waals surface area contributed by atoms with Gasteiger partial charge in [0.15, 0.2) is 5.96 Å². The van der Waals surface area contributed by atoms with Crippen LogP contribution in [-0.2, 0) is 16.6 Å². The minimum absolute atomic E-state index is 0. The van der Waals surface area contributed by atoms with Gasteiger partial charge in [0.05, 0.1) is 18.4 Å². The second kappa shape index (κ2) is 11.1.